The van der Waals surface area contributed by atoms with Gasteiger partial charge < -0.3 is 5.73 Å². The SMILES string of the molecule is Cc1cc2nnc(-c3cc4ccccc4cc3N)n2cn1. The number of benzene rings is 2. The maximum absolute atomic E-state index is 6.20. The summed E-state index contributed by atoms with van der Waals surface area (Å²) >= 11 is 0. The van der Waals surface area contributed by atoms with Crippen LogP contribution in [-0.2, 0) is 0 Å². The highest BCUT2D eigenvalue weighted by Crippen LogP contribution is 2.29. The van der Waals surface area contributed by atoms with Crippen molar-refractivity contribution in [2.24, 2.45) is 0 Å². The number of hydrogen-bond acceptors (Lipinski definition) is 4. The minimum Gasteiger partial charge on any atom is -0.398 e. The Morgan fingerprint density at radius 2 is 1.76 bits per heavy atom. The molecule has 2 aromatic carbocycles. The van der Waals surface area contributed by atoms with Gasteiger partial charge in [-0.2, -0.15) is 0 Å². The van der Waals surface area contributed by atoms with Crippen LogP contribution in [0.1, 0.15) is 5.69 Å². The Bertz CT molecular complexity index is 971. The third-order valence-corrected chi connectivity index (χ3v) is 3.60. The number of nitrogen functional groups attached to an aromatic ring is 1. The summed E-state index contributed by atoms with van der Waals surface area (Å²) in [7, 11) is 0. The van der Waals surface area contributed by atoms with Gasteiger partial charge in [-0.1, -0.05) is 24.3 Å². The second-order valence-electron chi connectivity index (χ2n) is 5.07. The summed E-state index contributed by atoms with van der Waals surface area (Å²) in [6.07, 6.45) is 1.73. The van der Waals surface area contributed by atoms with Gasteiger partial charge in [0.05, 0.1) is 0 Å². The molecule has 5 nitrogen and oxygen atoms in total. The Morgan fingerprint density at radius 1 is 1.00 bits per heavy atom. The first-order valence-electron chi connectivity index (χ1n) is 6.68. The molecule has 0 amide bonds. The lowest BCUT2D eigenvalue weighted by atomic mass is 10.0. The molecule has 2 aromatic heterocycles. The fourth-order valence-electron chi connectivity index (χ4n) is 2.52. The van der Waals surface area contributed by atoms with Crippen LogP contribution in [0.15, 0.2) is 48.8 Å². The highest BCUT2D eigenvalue weighted by Gasteiger charge is 2.12. The van der Waals surface area contributed by atoms with E-state index in [0.717, 1.165) is 27.7 Å². The molecular formula is C16H13N5. The molecule has 0 spiro atoms. The van der Waals surface area contributed by atoms with Crippen LogP contribution >= 0.6 is 0 Å². The molecule has 0 fully saturated rings. The Morgan fingerprint density at radius 3 is 2.57 bits per heavy atom. The summed E-state index contributed by atoms with van der Waals surface area (Å²) in [4.78, 5) is 4.30. The Labute approximate surface area is 121 Å². The molecule has 5 heteroatoms. The van der Waals surface area contributed by atoms with Gasteiger partial charge in [-0.3, -0.25) is 4.40 Å². The fourth-order valence-corrected chi connectivity index (χ4v) is 2.52. The molecule has 0 aliphatic heterocycles. The number of aromatic nitrogens is 4. The third kappa shape index (κ3) is 1.82. The smallest absolute Gasteiger partial charge is 0.171 e. The van der Waals surface area contributed by atoms with Crippen molar-refractivity contribution >= 4 is 22.1 Å². The lowest BCUT2D eigenvalue weighted by Gasteiger charge is -2.06. The molecule has 0 aliphatic rings. The Kier molecular flexibility index (Phi) is 2.41. The van der Waals surface area contributed by atoms with Crippen LogP contribution in [0.25, 0.3) is 27.8 Å². The molecule has 0 radical (unpaired) electrons. The van der Waals surface area contributed by atoms with Crippen LogP contribution in [0, 0.1) is 6.92 Å². The first-order chi connectivity index (χ1) is 10.2. The van der Waals surface area contributed by atoms with E-state index in [0.29, 0.717) is 11.5 Å². The van der Waals surface area contributed by atoms with E-state index in [9.17, 15) is 0 Å². The van der Waals surface area contributed by atoms with Gasteiger partial charge in [0.25, 0.3) is 0 Å². The van der Waals surface area contributed by atoms with E-state index in [-0.39, 0.29) is 0 Å². The molecule has 0 saturated carbocycles. The van der Waals surface area contributed by atoms with E-state index in [1.165, 1.54) is 0 Å². The molecular weight excluding hydrogens is 262 g/mol. The van der Waals surface area contributed by atoms with E-state index >= 15 is 0 Å². The Balaban J connectivity index is 2.01. The second-order valence-corrected chi connectivity index (χ2v) is 5.07. The largest absolute Gasteiger partial charge is 0.398 e. The van der Waals surface area contributed by atoms with Crippen LogP contribution in [0.4, 0.5) is 5.69 Å². The van der Waals surface area contributed by atoms with Crippen molar-refractivity contribution in [1.29, 1.82) is 0 Å². The first kappa shape index (κ1) is 11.8. The predicted molar refractivity (Wildman–Crippen MR) is 82.9 cm³/mol. The summed E-state index contributed by atoms with van der Waals surface area (Å²) in [5.41, 5.74) is 9.43. The number of fused-ring (bicyclic) bond motifs is 2. The molecule has 0 unspecified atom stereocenters. The van der Waals surface area contributed by atoms with Crippen molar-refractivity contribution in [2.75, 3.05) is 5.73 Å². The highest BCUT2D eigenvalue weighted by atomic mass is 15.3. The first-order valence-corrected chi connectivity index (χ1v) is 6.68. The third-order valence-electron chi connectivity index (χ3n) is 3.60. The minimum atomic E-state index is 0.684. The number of anilines is 1. The molecule has 102 valence electrons. The molecule has 2 N–H and O–H groups in total. The normalized spacial score (nSPS) is 11.3. The second kappa shape index (κ2) is 4.28. The van der Waals surface area contributed by atoms with Crippen LogP contribution in [0.2, 0.25) is 0 Å². The van der Waals surface area contributed by atoms with Crippen LogP contribution in [0.5, 0.6) is 0 Å². The summed E-state index contributed by atoms with van der Waals surface area (Å²) in [5, 5.41) is 10.7. The zero-order valence-electron chi connectivity index (χ0n) is 11.5. The van der Waals surface area contributed by atoms with Gasteiger partial charge in [0.15, 0.2) is 11.5 Å². The lowest BCUT2D eigenvalue weighted by Crippen LogP contribution is -1.96. The monoisotopic (exact) mass is 275 g/mol. The van der Waals surface area contributed by atoms with E-state index in [1.54, 1.807) is 6.33 Å². The molecule has 0 aliphatic carbocycles. The lowest BCUT2D eigenvalue weighted by molar-refractivity contribution is 1.05. The average molecular weight is 275 g/mol. The topological polar surface area (TPSA) is 69.1 Å². The molecule has 0 atom stereocenters. The molecule has 0 saturated heterocycles. The highest BCUT2D eigenvalue weighted by molar-refractivity contribution is 5.92. The van der Waals surface area contributed by atoms with Gasteiger partial charge in [-0.15, -0.1) is 10.2 Å². The summed E-state index contributed by atoms with van der Waals surface area (Å²) in [6.45, 7) is 1.93. The van der Waals surface area contributed by atoms with Gasteiger partial charge in [0.2, 0.25) is 0 Å². The fraction of sp³-hybridized carbons (Fsp3) is 0.0625. The molecule has 4 aromatic rings. The quantitative estimate of drug-likeness (QED) is 0.542. The van der Waals surface area contributed by atoms with E-state index in [2.05, 4.69) is 21.2 Å². The van der Waals surface area contributed by atoms with Gasteiger partial charge in [0, 0.05) is 23.0 Å². The molecule has 4 rings (SSSR count). The molecule has 2 heterocycles. The zero-order chi connectivity index (χ0) is 14.4. The van der Waals surface area contributed by atoms with Crippen molar-refractivity contribution in [3.63, 3.8) is 0 Å². The van der Waals surface area contributed by atoms with E-state index in [4.69, 9.17) is 5.73 Å². The number of rotatable bonds is 1. The summed E-state index contributed by atoms with van der Waals surface area (Å²) < 4.78 is 1.85. The summed E-state index contributed by atoms with van der Waals surface area (Å²) in [5.74, 6) is 0.709. The van der Waals surface area contributed by atoms with Crippen molar-refractivity contribution in [3.05, 3.63) is 54.5 Å². The Hall–Kier alpha value is -2.95. The standard InChI is InChI=1S/C16H13N5/c1-10-6-15-19-20-16(21(15)9-18-10)13-7-11-4-2-3-5-12(11)8-14(13)17/h2-9H,17H2,1H3. The van der Waals surface area contributed by atoms with Gasteiger partial charge >= 0.3 is 0 Å². The number of nitrogens with two attached hydrogens (primary N) is 1. The van der Waals surface area contributed by atoms with Crippen LogP contribution in [0.3, 0.4) is 0 Å². The molecule has 0 bridgehead atoms. The summed E-state index contributed by atoms with van der Waals surface area (Å²) in [6, 6.07) is 14.0. The number of nitrogens with zero attached hydrogens (tertiary/aromatic N) is 4. The zero-order valence-corrected chi connectivity index (χ0v) is 11.5. The van der Waals surface area contributed by atoms with Crippen molar-refractivity contribution in [2.45, 2.75) is 6.92 Å². The van der Waals surface area contributed by atoms with Crippen LogP contribution < -0.4 is 5.73 Å². The number of aryl methyl sites for hydroxylation is 1. The predicted octanol–water partition coefficient (Wildman–Crippen LogP) is 2.84. The van der Waals surface area contributed by atoms with Crippen molar-refractivity contribution in [1.82, 2.24) is 19.6 Å². The van der Waals surface area contributed by atoms with Crippen molar-refractivity contribution in [3.8, 4) is 11.4 Å². The maximum atomic E-state index is 6.20. The van der Waals surface area contributed by atoms with Gasteiger partial charge in [-0.25, -0.2) is 4.98 Å². The molecule has 21 heavy (non-hydrogen) atoms. The average Bonchev–Trinajstić information content (AvgIpc) is 2.89. The van der Waals surface area contributed by atoms with E-state index in [1.807, 2.05) is 47.7 Å². The van der Waals surface area contributed by atoms with Gasteiger partial charge in [0.1, 0.15) is 6.33 Å². The van der Waals surface area contributed by atoms with Crippen LogP contribution in [-0.4, -0.2) is 19.6 Å². The van der Waals surface area contributed by atoms with Crippen molar-refractivity contribution < 1.29 is 0 Å². The minimum absolute atomic E-state index is 0.684. The maximum Gasteiger partial charge on any atom is 0.171 e. The number of hydrogen-bond donors (Lipinski definition) is 1. The van der Waals surface area contributed by atoms with Gasteiger partial charge in [-0.05, 0) is 29.8 Å². The van der Waals surface area contributed by atoms with E-state index < -0.39 is 0 Å².